The van der Waals surface area contributed by atoms with E-state index in [0.717, 1.165) is 22.1 Å². The number of furan rings is 1. The van der Waals surface area contributed by atoms with Gasteiger partial charge < -0.3 is 4.42 Å². The van der Waals surface area contributed by atoms with Crippen molar-refractivity contribution in [2.24, 2.45) is 0 Å². The molecular formula is C43H28O. The predicted octanol–water partition coefficient (Wildman–Crippen LogP) is 12.0. The highest BCUT2D eigenvalue weighted by Gasteiger charge is 2.37. The Morgan fingerprint density at radius 3 is 1.75 bits per heavy atom. The quantitative estimate of drug-likeness (QED) is 0.205. The number of hydrogen-bond acceptors (Lipinski definition) is 1. The molecule has 1 heterocycles. The van der Waals surface area contributed by atoms with E-state index in [0.29, 0.717) is 0 Å². The first-order valence-electron chi connectivity index (χ1n) is 15.4. The van der Waals surface area contributed by atoms with Crippen molar-refractivity contribution in [1.29, 1.82) is 0 Å². The molecule has 0 N–H and O–H groups in total. The van der Waals surface area contributed by atoms with Crippen LogP contribution in [0.2, 0.25) is 0 Å². The molecular weight excluding hydrogens is 532 g/mol. The predicted molar refractivity (Wildman–Crippen MR) is 184 cm³/mol. The minimum absolute atomic E-state index is 0.0493. The van der Waals surface area contributed by atoms with Gasteiger partial charge in [0.1, 0.15) is 11.2 Å². The van der Waals surface area contributed by atoms with Crippen molar-refractivity contribution in [3.05, 3.63) is 145 Å². The van der Waals surface area contributed by atoms with Gasteiger partial charge in [0.15, 0.2) is 0 Å². The Balaban J connectivity index is 1.24. The highest BCUT2D eigenvalue weighted by molar-refractivity contribution is 6.22. The first-order valence-corrected chi connectivity index (χ1v) is 15.4. The maximum atomic E-state index is 6.82. The van der Waals surface area contributed by atoms with Crippen LogP contribution in [0.5, 0.6) is 0 Å². The summed E-state index contributed by atoms with van der Waals surface area (Å²) in [6, 6.07) is 48.9. The van der Waals surface area contributed by atoms with E-state index in [-0.39, 0.29) is 5.41 Å². The van der Waals surface area contributed by atoms with Crippen LogP contribution < -0.4 is 0 Å². The molecule has 0 atom stereocenters. The molecule has 2 aliphatic carbocycles. The van der Waals surface area contributed by atoms with Gasteiger partial charge in [0.2, 0.25) is 0 Å². The monoisotopic (exact) mass is 560 g/mol. The van der Waals surface area contributed by atoms with Gasteiger partial charge in [0.05, 0.1) is 0 Å². The van der Waals surface area contributed by atoms with Gasteiger partial charge in [-0.15, -0.1) is 0 Å². The fourth-order valence-corrected chi connectivity index (χ4v) is 8.31. The molecule has 206 valence electrons. The second kappa shape index (κ2) is 8.36. The molecule has 0 spiro atoms. The SMILES string of the molecule is CC1(C)c2ccccc2-c2c(-c3cccc4c3oc3cccc(-c5ccc6c7c(cccc57)-c5ccccc5-6)c34)cccc21. The molecule has 0 bridgehead atoms. The van der Waals surface area contributed by atoms with Crippen molar-refractivity contribution in [2.75, 3.05) is 0 Å². The van der Waals surface area contributed by atoms with Crippen LogP contribution >= 0.6 is 0 Å². The summed E-state index contributed by atoms with van der Waals surface area (Å²) in [7, 11) is 0. The fraction of sp³-hybridized carbons (Fsp3) is 0.0698. The zero-order chi connectivity index (χ0) is 29.2. The minimum atomic E-state index is -0.0493. The smallest absolute Gasteiger partial charge is 0.143 e. The van der Waals surface area contributed by atoms with E-state index in [1.807, 2.05) is 0 Å². The van der Waals surface area contributed by atoms with Gasteiger partial charge in [-0.05, 0) is 78.0 Å². The number of hydrogen-bond donors (Lipinski definition) is 0. The van der Waals surface area contributed by atoms with E-state index in [2.05, 4.69) is 147 Å². The normalized spacial score (nSPS) is 13.9. The Labute approximate surface area is 256 Å². The van der Waals surface area contributed by atoms with Crippen molar-refractivity contribution < 1.29 is 4.42 Å². The van der Waals surface area contributed by atoms with Gasteiger partial charge in [0.25, 0.3) is 0 Å². The molecule has 0 saturated carbocycles. The molecule has 7 aromatic carbocycles. The van der Waals surface area contributed by atoms with Crippen LogP contribution in [0.15, 0.2) is 138 Å². The lowest BCUT2D eigenvalue weighted by atomic mass is 9.82. The fourth-order valence-electron chi connectivity index (χ4n) is 8.31. The van der Waals surface area contributed by atoms with E-state index >= 15 is 0 Å². The number of benzene rings is 7. The zero-order valence-corrected chi connectivity index (χ0v) is 24.6. The maximum absolute atomic E-state index is 6.82. The summed E-state index contributed by atoms with van der Waals surface area (Å²) in [6.07, 6.45) is 0. The molecule has 1 nitrogen and oxygen atoms in total. The number of rotatable bonds is 2. The zero-order valence-electron chi connectivity index (χ0n) is 24.6. The lowest BCUT2D eigenvalue weighted by Gasteiger charge is -2.21. The molecule has 0 aliphatic heterocycles. The topological polar surface area (TPSA) is 13.1 Å². The van der Waals surface area contributed by atoms with Gasteiger partial charge in [-0.25, -0.2) is 0 Å². The van der Waals surface area contributed by atoms with Crippen molar-refractivity contribution in [3.63, 3.8) is 0 Å². The summed E-state index contributed by atoms with van der Waals surface area (Å²) >= 11 is 0. The van der Waals surface area contributed by atoms with Gasteiger partial charge in [-0.1, -0.05) is 141 Å². The van der Waals surface area contributed by atoms with Crippen molar-refractivity contribution in [2.45, 2.75) is 19.3 Å². The van der Waals surface area contributed by atoms with Crippen LogP contribution in [0.4, 0.5) is 0 Å². The van der Waals surface area contributed by atoms with E-state index in [4.69, 9.17) is 4.42 Å². The molecule has 0 saturated heterocycles. The second-order valence-corrected chi connectivity index (χ2v) is 12.8. The summed E-state index contributed by atoms with van der Waals surface area (Å²) in [5, 5.41) is 4.96. The molecule has 44 heavy (non-hydrogen) atoms. The van der Waals surface area contributed by atoms with E-state index in [9.17, 15) is 0 Å². The molecule has 0 amide bonds. The highest BCUT2D eigenvalue weighted by Crippen LogP contribution is 2.54. The highest BCUT2D eigenvalue weighted by atomic mass is 16.3. The van der Waals surface area contributed by atoms with Crippen LogP contribution in [0.3, 0.4) is 0 Å². The summed E-state index contributed by atoms with van der Waals surface area (Å²) in [6.45, 7) is 4.68. The minimum Gasteiger partial charge on any atom is -0.455 e. The molecule has 8 aromatic rings. The summed E-state index contributed by atoms with van der Waals surface area (Å²) in [5.74, 6) is 0. The second-order valence-electron chi connectivity index (χ2n) is 12.8. The molecule has 0 fully saturated rings. The first-order chi connectivity index (χ1) is 21.6. The molecule has 0 radical (unpaired) electrons. The summed E-state index contributed by atoms with van der Waals surface area (Å²) in [5.41, 5.74) is 17.3. The summed E-state index contributed by atoms with van der Waals surface area (Å²) in [4.78, 5) is 0. The van der Waals surface area contributed by atoms with Crippen molar-refractivity contribution in [1.82, 2.24) is 0 Å². The van der Waals surface area contributed by atoms with Crippen molar-refractivity contribution >= 4 is 32.7 Å². The van der Waals surface area contributed by atoms with E-state index in [1.54, 1.807) is 0 Å². The van der Waals surface area contributed by atoms with E-state index < -0.39 is 0 Å². The van der Waals surface area contributed by atoms with Crippen LogP contribution in [0, 0.1) is 0 Å². The van der Waals surface area contributed by atoms with Gasteiger partial charge in [0, 0.05) is 21.8 Å². The lowest BCUT2D eigenvalue weighted by Crippen LogP contribution is -2.14. The largest absolute Gasteiger partial charge is 0.455 e. The third-order valence-electron chi connectivity index (χ3n) is 10.3. The van der Waals surface area contributed by atoms with Crippen LogP contribution in [0.1, 0.15) is 25.0 Å². The Morgan fingerprint density at radius 1 is 0.386 bits per heavy atom. The molecule has 2 aliphatic rings. The molecule has 1 aromatic heterocycles. The van der Waals surface area contributed by atoms with Crippen molar-refractivity contribution in [3.8, 4) is 55.6 Å². The molecule has 0 unspecified atom stereocenters. The number of para-hydroxylation sites is 1. The summed E-state index contributed by atoms with van der Waals surface area (Å²) < 4.78 is 6.82. The number of fused-ring (bicyclic) bond motifs is 9. The maximum Gasteiger partial charge on any atom is 0.143 e. The standard InChI is InChI=1S/C43H28O/c1-43(2)36-20-6-5-13-34(36)40-31(16-9-21-37(40)43)33-18-8-19-35-41-30(17-10-22-38(41)44-42(33)35)27-23-24-32-26-12-4-3-11-25(26)28-14-7-15-29(27)39(28)32/h3-24H,1-2H3. The average Bonchev–Trinajstić information content (AvgIpc) is 3.69. The van der Waals surface area contributed by atoms with Crippen LogP contribution in [0.25, 0.3) is 88.3 Å². The lowest BCUT2D eigenvalue weighted by molar-refractivity contribution is 0.660. The molecule has 1 heteroatoms. The first kappa shape index (κ1) is 24.1. The molecule has 10 rings (SSSR count). The van der Waals surface area contributed by atoms with Gasteiger partial charge in [-0.2, -0.15) is 0 Å². The third kappa shape index (κ3) is 2.94. The Bertz CT molecular complexity index is 2490. The van der Waals surface area contributed by atoms with Gasteiger partial charge in [-0.3, -0.25) is 0 Å². The van der Waals surface area contributed by atoms with Crippen LogP contribution in [-0.2, 0) is 5.41 Å². The Morgan fingerprint density at radius 2 is 0.932 bits per heavy atom. The Kier molecular flexibility index (Phi) is 4.58. The Hall–Kier alpha value is -5.40. The third-order valence-corrected chi connectivity index (χ3v) is 10.3. The average molecular weight is 561 g/mol. The van der Waals surface area contributed by atoms with Crippen LogP contribution in [-0.4, -0.2) is 0 Å². The van der Waals surface area contributed by atoms with E-state index in [1.165, 1.54) is 77.4 Å². The van der Waals surface area contributed by atoms with Gasteiger partial charge >= 0.3 is 0 Å².